The van der Waals surface area contributed by atoms with Gasteiger partial charge < -0.3 is 17.1 Å². The van der Waals surface area contributed by atoms with E-state index in [2.05, 4.69) is 17.9 Å². The fraction of sp³-hybridized carbons (Fsp3) is 0.444. The molecular weight excluding hydrogens is 190 g/mol. The van der Waals surface area contributed by atoms with Crippen molar-refractivity contribution >= 4 is 6.09 Å². The van der Waals surface area contributed by atoms with Crippen molar-refractivity contribution in [2.45, 2.75) is 0 Å². The lowest BCUT2D eigenvalue weighted by Crippen LogP contribution is -3.00. The normalized spacial score (nSPS) is 9.69. The van der Waals surface area contributed by atoms with Crippen LogP contribution in [0.2, 0.25) is 0 Å². The Morgan fingerprint density at radius 1 is 1.38 bits per heavy atom. The molecule has 0 saturated carbocycles. The fourth-order valence-corrected chi connectivity index (χ4v) is 1.01. The Morgan fingerprint density at radius 2 is 1.77 bits per heavy atom. The summed E-state index contributed by atoms with van der Waals surface area (Å²) in [5, 5.41) is 0. The summed E-state index contributed by atoms with van der Waals surface area (Å²) in [5.74, 6) is 0. The van der Waals surface area contributed by atoms with Gasteiger partial charge >= 0.3 is 6.09 Å². The number of halogens is 1. The topological polar surface area (TPSA) is 26.3 Å². The lowest BCUT2D eigenvalue weighted by atomic mass is 10.4. The number of hydrogen-bond acceptors (Lipinski definition) is 2. The summed E-state index contributed by atoms with van der Waals surface area (Å²) in [6, 6.07) is 0. The van der Waals surface area contributed by atoms with Gasteiger partial charge in [0.15, 0.2) is 0 Å². The maximum atomic E-state index is 11.3. The highest BCUT2D eigenvalue weighted by Gasteiger charge is 2.29. The molecule has 0 rings (SSSR count). The number of rotatable bonds is 4. The summed E-state index contributed by atoms with van der Waals surface area (Å²) in [6.07, 6.45) is 3.12. The molecule has 0 aliphatic carbocycles. The number of likely N-dealkylation sites (N-methyl/N-ethyl adjacent to an activating group) is 1. The molecule has 0 saturated heterocycles. The standard InChI is InChI=1S/C9H16NO2.ClH/c1-5-7-10(3,8-6-2)9(11)12-4;/h5-6H,1-2,7-8H2,3-4H3;1H/q+1;/p-1. The SMILES string of the molecule is C=CC[N+](C)(CC=C)C(=O)OC.[Cl-]. The molecule has 0 atom stereocenters. The van der Waals surface area contributed by atoms with Crippen molar-refractivity contribution in [2.24, 2.45) is 0 Å². The molecular formula is C9H16ClNO2. The summed E-state index contributed by atoms with van der Waals surface area (Å²) >= 11 is 0. The van der Waals surface area contributed by atoms with Gasteiger partial charge in [0.05, 0.1) is 14.2 Å². The van der Waals surface area contributed by atoms with Gasteiger partial charge in [0, 0.05) is 0 Å². The van der Waals surface area contributed by atoms with Gasteiger partial charge in [0.2, 0.25) is 0 Å². The van der Waals surface area contributed by atoms with E-state index in [9.17, 15) is 4.79 Å². The first-order chi connectivity index (χ1) is 5.60. The molecule has 0 heterocycles. The van der Waals surface area contributed by atoms with Crippen molar-refractivity contribution < 1.29 is 26.4 Å². The quantitative estimate of drug-likeness (QED) is 0.416. The van der Waals surface area contributed by atoms with Crippen molar-refractivity contribution in [2.75, 3.05) is 27.2 Å². The molecule has 0 bridgehead atoms. The van der Waals surface area contributed by atoms with E-state index >= 15 is 0 Å². The Morgan fingerprint density at radius 3 is 2.00 bits per heavy atom. The molecule has 1 amide bonds. The average molecular weight is 206 g/mol. The van der Waals surface area contributed by atoms with Crippen LogP contribution in [0.15, 0.2) is 25.3 Å². The number of carbonyl (C=O) groups excluding carboxylic acids is 1. The first-order valence-electron chi connectivity index (χ1n) is 3.75. The molecule has 13 heavy (non-hydrogen) atoms. The Balaban J connectivity index is 0. The van der Waals surface area contributed by atoms with Gasteiger partial charge in [0.1, 0.15) is 13.1 Å². The van der Waals surface area contributed by atoms with E-state index in [0.717, 1.165) is 0 Å². The molecule has 0 radical (unpaired) electrons. The predicted octanol–water partition coefficient (Wildman–Crippen LogP) is -1.42. The third-order valence-corrected chi connectivity index (χ3v) is 1.68. The number of quaternary nitrogens is 1. The number of hydrogen-bond donors (Lipinski definition) is 0. The molecule has 0 unspecified atom stereocenters. The number of nitrogens with zero attached hydrogens (tertiary/aromatic N) is 1. The molecule has 0 aliphatic heterocycles. The van der Waals surface area contributed by atoms with E-state index in [-0.39, 0.29) is 23.0 Å². The minimum atomic E-state index is -0.269. The van der Waals surface area contributed by atoms with Crippen molar-refractivity contribution in [3.05, 3.63) is 25.3 Å². The van der Waals surface area contributed by atoms with E-state index in [1.807, 2.05) is 0 Å². The van der Waals surface area contributed by atoms with E-state index in [0.29, 0.717) is 13.1 Å². The summed E-state index contributed by atoms with van der Waals surface area (Å²) < 4.78 is 4.83. The van der Waals surface area contributed by atoms with Crippen molar-refractivity contribution in [1.82, 2.24) is 0 Å². The van der Waals surface area contributed by atoms with Crippen LogP contribution in [0.3, 0.4) is 0 Å². The number of carbonyl (C=O) groups is 1. The maximum absolute atomic E-state index is 11.3. The van der Waals surface area contributed by atoms with Crippen molar-refractivity contribution in [3.63, 3.8) is 0 Å². The third kappa shape index (κ3) is 4.10. The second kappa shape index (κ2) is 6.69. The highest BCUT2D eigenvalue weighted by Crippen LogP contribution is 2.05. The molecule has 0 aliphatic rings. The Kier molecular flexibility index (Phi) is 7.57. The van der Waals surface area contributed by atoms with Crippen LogP contribution in [0.1, 0.15) is 0 Å². The number of methoxy groups -OCH3 is 1. The van der Waals surface area contributed by atoms with Crippen LogP contribution >= 0.6 is 0 Å². The Hall–Kier alpha value is -0.800. The molecule has 3 nitrogen and oxygen atoms in total. The molecule has 0 aromatic rings. The van der Waals surface area contributed by atoms with Crippen molar-refractivity contribution in [3.8, 4) is 0 Å². The van der Waals surface area contributed by atoms with Crippen LogP contribution in [0.25, 0.3) is 0 Å². The lowest BCUT2D eigenvalue weighted by Gasteiger charge is -2.26. The van der Waals surface area contributed by atoms with Crippen LogP contribution in [-0.4, -0.2) is 37.8 Å². The van der Waals surface area contributed by atoms with Gasteiger partial charge in [-0.05, 0) is 12.2 Å². The van der Waals surface area contributed by atoms with Crippen molar-refractivity contribution in [1.29, 1.82) is 0 Å². The minimum absolute atomic E-state index is 0. The molecule has 0 N–H and O–H groups in total. The first-order valence-corrected chi connectivity index (χ1v) is 3.75. The summed E-state index contributed by atoms with van der Waals surface area (Å²) in [4.78, 5) is 11.3. The second-order valence-electron chi connectivity index (χ2n) is 2.81. The van der Waals surface area contributed by atoms with Crippen LogP contribution in [-0.2, 0) is 4.74 Å². The van der Waals surface area contributed by atoms with Crippen LogP contribution in [0, 0.1) is 0 Å². The highest BCUT2D eigenvalue weighted by atomic mass is 35.5. The monoisotopic (exact) mass is 205 g/mol. The third-order valence-electron chi connectivity index (χ3n) is 1.68. The Labute approximate surface area is 85.7 Å². The summed E-state index contributed by atoms with van der Waals surface area (Å²) in [5.41, 5.74) is 0. The largest absolute Gasteiger partial charge is 1.00 e. The van der Waals surface area contributed by atoms with E-state index < -0.39 is 0 Å². The van der Waals surface area contributed by atoms with E-state index in [1.54, 1.807) is 19.2 Å². The van der Waals surface area contributed by atoms with Gasteiger partial charge in [0.25, 0.3) is 0 Å². The first kappa shape index (κ1) is 14.7. The van der Waals surface area contributed by atoms with Gasteiger partial charge in [-0.15, -0.1) is 0 Å². The minimum Gasteiger partial charge on any atom is -1.00 e. The molecule has 76 valence electrons. The molecule has 0 spiro atoms. The van der Waals surface area contributed by atoms with Crippen LogP contribution in [0.5, 0.6) is 0 Å². The number of ether oxygens (including phenoxy) is 1. The van der Waals surface area contributed by atoms with Gasteiger partial charge in [-0.25, -0.2) is 4.48 Å². The molecule has 0 aromatic heterocycles. The zero-order valence-electron chi connectivity index (χ0n) is 8.12. The van der Waals surface area contributed by atoms with E-state index in [1.165, 1.54) is 7.11 Å². The van der Waals surface area contributed by atoms with Gasteiger partial charge in [-0.3, -0.25) is 0 Å². The molecule has 4 heteroatoms. The zero-order valence-corrected chi connectivity index (χ0v) is 8.88. The average Bonchev–Trinajstić information content (AvgIpc) is 2.04. The summed E-state index contributed by atoms with van der Waals surface area (Å²) in [6.45, 7) is 8.28. The summed E-state index contributed by atoms with van der Waals surface area (Å²) in [7, 11) is 3.17. The lowest BCUT2D eigenvalue weighted by molar-refractivity contribution is -0.825. The van der Waals surface area contributed by atoms with Gasteiger partial charge in [-0.2, -0.15) is 4.79 Å². The maximum Gasteiger partial charge on any atom is 0.516 e. The van der Waals surface area contributed by atoms with Crippen LogP contribution in [0.4, 0.5) is 4.79 Å². The molecule has 0 fully saturated rings. The molecule has 0 aromatic carbocycles. The van der Waals surface area contributed by atoms with E-state index in [4.69, 9.17) is 0 Å². The highest BCUT2D eigenvalue weighted by molar-refractivity contribution is 5.59. The second-order valence-corrected chi connectivity index (χ2v) is 2.81. The smallest absolute Gasteiger partial charge is 0.516 e. The number of amides is 1. The predicted molar refractivity (Wildman–Crippen MR) is 48.7 cm³/mol. The fourth-order valence-electron chi connectivity index (χ4n) is 1.01. The van der Waals surface area contributed by atoms with Gasteiger partial charge in [-0.1, -0.05) is 13.2 Å². The van der Waals surface area contributed by atoms with Crippen LogP contribution < -0.4 is 12.4 Å². The zero-order chi connectivity index (χ0) is 9.61. The Bertz CT molecular complexity index is 182.